The van der Waals surface area contributed by atoms with Crippen molar-refractivity contribution in [2.75, 3.05) is 38.1 Å². The summed E-state index contributed by atoms with van der Waals surface area (Å²) < 4.78 is 0. The average molecular weight is 262 g/mol. The summed E-state index contributed by atoms with van der Waals surface area (Å²) in [6.07, 6.45) is 2.70. The van der Waals surface area contributed by atoms with Crippen LogP contribution in [-0.4, -0.2) is 43.1 Å². The zero-order chi connectivity index (χ0) is 13.8. The molecule has 2 N–H and O–H groups in total. The van der Waals surface area contributed by atoms with Gasteiger partial charge in [-0.2, -0.15) is 0 Å². The average Bonchev–Trinajstić information content (AvgIpc) is 2.88. The van der Waals surface area contributed by atoms with Gasteiger partial charge in [0.15, 0.2) is 0 Å². The van der Waals surface area contributed by atoms with E-state index < -0.39 is 0 Å². The van der Waals surface area contributed by atoms with Crippen LogP contribution in [0.2, 0.25) is 0 Å². The first-order chi connectivity index (χ1) is 9.11. The number of anilines is 1. The van der Waals surface area contributed by atoms with Crippen LogP contribution in [0.1, 0.15) is 29.8 Å². The van der Waals surface area contributed by atoms with E-state index in [1.54, 1.807) is 0 Å². The van der Waals surface area contributed by atoms with Gasteiger partial charge in [-0.05, 0) is 45.8 Å². The third kappa shape index (κ3) is 3.45. The highest BCUT2D eigenvalue weighted by atomic mass is 15.2. The molecule has 1 aliphatic heterocycles. The van der Waals surface area contributed by atoms with E-state index >= 15 is 0 Å². The molecule has 4 nitrogen and oxygen atoms in total. The van der Waals surface area contributed by atoms with Crippen molar-refractivity contribution < 1.29 is 0 Å². The second-order valence-corrected chi connectivity index (χ2v) is 5.52. The van der Waals surface area contributed by atoms with Gasteiger partial charge in [0.1, 0.15) is 0 Å². The van der Waals surface area contributed by atoms with Crippen molar-refractivity contribution in [3.63, 3.8) is 0 Å². The predicted octanol–water partition coefficient (Wildman–Crippen LogP) is 1.69. The maximum atomic E-state index is 5.88. The molecule has 19 heavy (non-hydrogen) atoms. The Morgan fingerprint density at radius 1 is 1.32 bits per heavy atom. The minimum Gasteiger partial charge on any atom is -0.373 e. The van der Waals surface area contributed by atoms with Gasteiger partial charge in [0.25, 0.3) is 0 Å². The molecule has 2 heterocycles. The summed E-state index contributed by atoms with van der Waals surface area (Å²) in [7, 11) is 2.16. The van der Waals surface area contributed by atoms with Crippen LogP contribution in [0.3, 0.4) is 0 Å². The zero-order valence-corrected chi connectivity index (χ0v) is 12.4. The summed E-state index contributed by atoms with van der Waals surface area (Å²) in [4.78, 5) is 9.37. The monoisotopic (exact) mass is 262 g/mol. The Labute approximate surface area is 116 Å². The molecule has 0 aliphatic carbocycles. The van der Waals surface area contributed by atoms with Crippen molar-refractivity contribution in [2.45, 2.75) is 33.2 Å². The lowest BCUT2D eigenvalue weighted by Crippen LogP contribution is -2.32. The molecule has 1 aliphatic rings. The van der Waals surface area contributed by atoms with Crippen molar-refractivity contribution in [1.82, 2.24) is 9.88 Å². The van der Waals surface area contributed by atoms with Crippen molar-refractivity contribution in [1.29, 1.82) is 0 Å². The van der Waals surface area contributed by atoms with Crippen molar-refractivity contribution in [3.05, 3.63) is 23.0 Å². The Hall–Kier alpha value is -1.13. The fourth-order valence-corrected chi connectivity index (χ4v) is 2.85. The Balaban J connectivity index is 2.06. The van der Waals surface area contributed by atoms with Crippen LogP contribution in [0.15, 0.2) is 6.07 Å². The van der Waals surface area contributed by atoms with Gasteiger partial charge in [-0.3, -0.25) is 4.98 Å². The van der Waals surface area contributed by atoms with Crippen molar-refractivity contribution in [2.24, 2.45) is 5.73 Å². The number of likely N-dealkylation sites (tertiary alicyclic amines) is 1. The maximum Gasteiger partial charge on any atom is 0.0446 e. The van der Waals surface area contributed by atoms with Crippen LogP contribution >= 0.6 is 0 Å². The van der Waals surface area contributed by atoms with Crippen LogP contribution in [0, 0.1) is 13.8 Å². The highest BCUT2D eigenvalue weighted by molar-refractivity contribution is 5.55. The topological polar surface area (TPSA) is 45.4 Å². The van der Waals surface area contributed by atoms with E-state index in [2.05, 4.69) is 27.9 Å². The van der Waals surface area contributed by atoms with E-state index in [1.807, 2.05) is 13.8 Å². The molecule has 4 heteroatoms. The summed E-state index contributed by atoms with van der Waals surface area (Å²) >= 11 is 0. The highest BCUT2D eigenvalue weighted by Crippen LogP contribution is 2.22. The number of nitrogens with zero attached hydrogens (tertiary/aromatic N) is 3. The van der Waals surface area contributed by atoms with Crippen LogP contribution < -0.4 is 10.6 Å². The quantitative estimate of drug-likeness (QED) is 0.877. The zero-order valence-electron chi connectivity index (χ0n) is 12.4. The number of likely N-dealkylation sites (N-methyl/N-ethyl adjacent to an activating group) is 1. The lowest BCUT2D eigenvalue weighted by atomic mass is 10.1. The van der Waals surface area contributed by atoms with Crippen LogP contribution in [-0.2, 0) is 6.54 Å². The van der Waals surface area contributed by atoms with Gasteiger partial charge in [0.05, 0.1) is 0 Å². The molecule has 0 aromatic carbocycles. The molecule has 0 bridgehead atoms. The predicted molar refractivity (Wildman–Crippen MR) is 80.5 cm³/mol. The fraction of sp³-hybridized carbons (Fsp3) is 0.667. The SMILES string of the molecule is Cc1cc(N(C)CCN2CCCC2)c(CN)c(C)n1. The van der Waals surface area contributed by atoms with Gasteiger partial charge in [0.2, 0.25) is 0 Å². The minimum absolute atomic E-state index is 0.558. The van der Waals surface area contributed by atoms with E-state index in [9.17, 15) is 0 Å². The summed E-state index contributed by atoms with van der Waals surface area (Å²) in [5.74, 6) is 0. The minimum atomic E-state index is 0.558. The molecule has 0 amide bonds. The van der Waals surface area contributed by atoms with E-state index in [0.29, 0.717) is 6.54 Å². The second-order valence-electron chi connectivity index (χ2n) is 5.52. The molecular weight excluding hydrogens is 236 g/mol. The Kier molecular flexibility index (Phi) is 4.77. The number of hydrogen-bond donors (Lipinski definition) is 1. The molecule has 1 aromatic rings. The normalized spacial score (nSPS) is 16.0. The molecule has 106 valence electrons. The summed E-state index contributed by atoms with van der Waals surface area (Å²) in [6, 6.07) is 2.15. The number of pyridine rings is 1. The molecule has 0 radical (unpaired) electrons. The lowest BCUT2D eigenvalue weighted by Gasteiger charge is -2.26. The number of nitrogens with two attached hydrogens (primary N) is 1. The lowest BCUT2D eigenvalue weighted by molar-refractivity contribution is 0.346. The maximum absolute atomic E-state index is 5.88. The number of hydrogen-bond acceptors (Lipinski definition) is 4. The van der Waals surface area contributed by atoms with Crippen LogP contribution in [0.4, 0.5) is 5.69 Å². The highest BCUT2D eigenvalue weighted by Gasteiger charge is 2.14. The Morgan fingerprint density at radius 2 is 2.00 bits per heavy atom. The molecule has 0 saturated carbocycles. The molecule has 1 saturated heterocycles. The first-order valence-electron chi connectivity index (χ1n) is 7.22. The Morgan fingerprint density at radius 3 is 2.63 bits per heavy atom. The molecule has 0 spiro atoms. The summed E-state index contributed by atoms with van der Waals surface area (Å²) in [6.45, 7) is 9.36. The van der Waals surface area contributed by atoms with Gasteiger partial charge in [-0.15, -0.1) is 0 Å². The van der Waals surface area contributed by atoms with E-state index in [0.717, 1.165) is 24.5 Å². The van der Waals surface area contributed by atoms with E-state index in [-0.39, 0.29) is 0 Å². The third-order valence-electron chi connectivity index (χ3n) is 4.00. The first kappa shape index (κ1) is 14.3. The number of aryl methyl sites for hydroxylation is 2. The molecule has 0 atom stereocenters. The second kappa shape index (κ2) is 6.35. The fourth-order valence-electron chi connectivity index (χ4n) is 2.85. The van der Waals surface area contributed by atoms with E-state index in [1.165, 1.54) is 37.2 Å². The molecule has 2 rings (SSSR count). The summed E-state index contributed by atoms with van der Waals surface area (Å²) in [5.41, 5.74) is 10.4. The Bertz CT molecular complexity index is 424. The summed E-state index contributed by atoms with van der Waals surface area (Å²) in [5, 5.41) is 0. The van der Waals surface area contributed by atoms with Gasteiger partial charge in [0, 0.05) is 49.3 Å². The smallest absolute Gasteiger partial charge is 0.0446 e. The largest absolute Gasteiger partial charge is 0.373 e. The molecule has 1 aromatic heterocycles. The van der Waals surface area contributed by atoms with Gasteiger partial charge in [-0.25, -0.2) is 0 Å². The molecule has 0 unspecified atom stereocenters. The van der Waals surface area contributed by atoms with E-state index in [4.69, 9.17) is 5.73 Å². The number of aromatic nitrogens is 1. The standard InChI is InChI=1S/C15H26N4/c1-12-10-15(14(11-16)13(2)17-12)18(3)8-9-19-6-4-5-7-19/h10H,4-9,11,16H2,1-3H3. The van der Waals surface area contributed by atoms with Gasteiger partial charge in [-0.1, -0.05) is 0 Å². The molecular formula is C15H26N4. The van der Waals surface area contributed by atoms with Crippen molar-refractivity contribution >= 4 is 5.69 Å². The van der Waals surface area contributed by atoms with Gasteiger partial charge >= 0.3 is 0 Å². The van der Waals surface area contributed by atoms with Crippen molar-refractivity contribution in [3.8, 4) is 0 Å². The molecule has 1 fully saturated rings. The first-order valence-corrected chi connectivity index (χ1v) is 7.22. The number of rotatable bonds is 5. The third-order valence-corrected chi connectivity index (χ3v) is 4.00. The van der Waals surface area contributed by atoms with Gasteiger partial charge < -0.3 is 15.5 Å². The van der Waals surface area contributed by atoms with Crippen LogP contribution in [0.5, 0.6) is 0 Å². The van der Waals surface area contributed by atoms with Crippen LogP contribution in [0.25, 0.3) is 0 Å².